The minimum absolute atomic E-state index is 0.122. The standard InChI is InChI=1S/C13H17BrN2OS/c1-4-7-15-13(18)16-9(2)10-5-6-12(17-3)11(14)8-10/h4-6,8-9H,1,7H2,2-3H3,(H2,15,16,18)/t9-/m1/s1. The molecule has 0 heterocycles. The van der Waals surface area contributed by atoms with E-state index in [4.69, 9.17) is 17.0 Å². The molecule has 1 rings (SSSR count). The molecular formula is C13H17BrN2OS. The highest BCUT2D eigenvalue weighted by molar-refractivity contribution is 9.10. The first-order valence-electron chi connectivity index (χ1n) is 5.57. The number of nitrogens with one attached hydrogen (secondary N) is 2. The summed E-state index contributed by atoms with van der Waals surface area (Å²) >= 11 is 8.64. The Balaban J connectivity index is 2.66. The van der Waals surface area contributed by atoms with Crippen LogP contribution in [0.3, 0.4) is 0 Å². The van der Waals surface area contributed by atoms with Crippen LogP contribution in [0.4, 0.5) is 0 Å². The third-order valence-electron chi connectivity index (χ3n) is 2.43. The number of hydrogen-bond acceptors (Lipinski definition) is 2. The van der Waals surface area contributed by atoms with E-state index in [-0.39, 0.29) is 6.04 Å². The van der Waals surface area contributed by atoms with Gasteiger partial charge in [-0.2, -0.15) is 0 Å². The van der Waals surface area contributed by atoms with E-state index in [0.717, 1.165) is 15.8 Å². The molecule has 0 aliphatic heterocycles. The van der Waals surface area contributed by atoms with E-state index in [1.165, 1.54) is 0 Å². The van der Waals surface area contributed by atoms with Crippen molar-refractivity contribution in [1.29, 1.82) is 0 Å². The Bertz CT molecular complexity index is 437. The van der Waals surface area contributed by atoms with Crippen LogP contribution in [0, 0.1) is 0 Å². The van der Waals surface area contributed by atoms with Gasteiger partial charge in [-0.15, -0.1) is 6.58 Å². The zero-order valence-corrected chi connectivity index (χ0v) is 12.9. The fourth-order valence-corrected chi connectivity index (χ4v) is 2.27. The fourth-order valence-electron chi connectivity index (χ4n) is 1.45. The van der Waals surface area contributed by atoms with Gasteiger partial charge in [-0.1, -0.05) is 12.1 Å². The number of ether oxygens (including phenoxy) is 1. The Morgan fingerprint density at radius 1 is 1.61 bits per heavy atom. The zero-order chi connectivity index (χ0) is 13.5. The number of methoxy groups -OCH3 is 1. The smallest absolute Gasteiger partial charge is 0.167 e. The Morgan fingerprint density at radius 3 is 2.89 bits per heavy atom. The van der Waals surface area contributed by atoms with Crippen molar-refractivity contribution in [1.82, 2.24) is 10.6 Å². The molecule has 0 amide bonds. The molecule has 1 aromatic carbocycles. The van der Waals surface area contributed by atoms with Crippen molar-refractivity contribution in [3.8, 4) is 5.75 Å². The van der Waals surface area contributed by atoms with Gasteiger partial charge >= 0.3 is 0 Å². The van der Waals surface area contributed by atoms with Crippen LogP contribution in [0.2, 0.25) is 0 Å². The van der Waals surface area contributed by atoms with Crippen molar-refractivity contribution < 1.29 is 4.74 Å². The van der Waals surface area contributed by atoms with E-state index < -0.39 is 0 Å². The topological polar surface area (TPSA) is 33.3 Å². The van der Waals surface area contributed by atoms with Gasteiger partial charge in [0.05, 0.1) is 17.6 Å². The minimum Gasteiger partial charge on any atom is -0.496 e. The summed E-state index contributed by atoms with van der Waals surface area (Å²) in [5.41, 5.74) is 1.13. The van der Waals surface area contributed by atoms with Crippen LogP contribution >= 0.6 is 28.1 Å². The summed E-state index contributed by atoms with van der Waals surface area (Å²) in [7, 11) is 1.65. The van der Waals surface area contributed by atoms with Crippen LogP contribution in [0.5, 0.6) is 5.75 Å². The second-order valence-corrected chi connectivity index (χ2v) is 5.02. The van der Waals surface area contributed by atoms with Gasteiger partial charge in [-0.3, -0.25) is 0 Å². The molecule has 3 nitrogen and oxygen atoms in total. The van der Waals surface area contributed by atoms with Crippen molar-refractivity contribution in [2.75, 3.05) is 13.7 Å². The van der Waals surface area contributed by atoms with E-state index in [1.54, 1.807) is 13.2 Å². The maximum Gasteiger partial charge on any atom is 0.167 e. The van der Waals surface area contributed by atoms with Crippen molar-refractivity contribution in [2.24, 2.45) is 0 Å². The largest absolute Gasteiger partial charge is 0.496 e. The molecular weight excluding hydrogens is 312 g/mol. The molecule has 0 aromatic heterocycles. The summed E-state index contributed by atoms with van der Waals surface area (Å²) in [4.78, 5) is 0. The zero-order valence-electron chi connectivity index (χ0n) is 10.5. The molecule has 1 atom stereocenters. The van der Waals surface area contributed by atoms with Gasteiger partial charge in [-0.25, -0.2) is 0 Å². The monoisotopic (exact) mass is 328 g/mol. The van der Waals surface area contributed by atoms with Crippen LogP contribution in [0.25, 0.3) is 0 Å². The van der Waals surface area contributed by atoms with Gasteiger partial charge in [-0.05, 0) is 52.8 Å². The van der Waals surface area contributed by atoms with E-state index >= 15 is 0 Å². The summed E-state index contributed by atoms with van der Waals surface area (Å²) in [6.45, 7) is 6.34. The van der Waals surface area contributed by atoms with Gasteiger partial charge in [0.15, 0.2) is 5.11 Å². The quantitative estimate of drug-likeness (QED) is 0.642. The predicted octanol–water partition coefficient (Wildman–Crippen LogP) is 3.17. The first kappa shape index (κ1) is 15.0. The number of thiocarbonyl (C=S) groups is 1. The van der Waals surface area contributed by atoms with Crippen molar-refractivity contribution in [2.45, 2.75) is 13.0 Å². The maximum atomic E-state index is 5.20. The minimum atomic E-state index is 0.122. The molecule has 0 spiro atoms. The van der Waals surface area contributed by atoms with E-state index in [2.05, 4.69) is 40.1 Å². The van der Waals surface area contributed by atoms with Crippen LogP contribution in [-0.4, -0.2) is 18.8 Å². The lowest BCUT2D eigenvalue weighted by Crippen LogP contribution is -2.36. The first-order valence-corrected chi connectivity index (χ1v) is 6.77. The number of rotatable bonds is 5. The normalized spacial score (nSPS) is 11.5. The number of halogens is 1. The molecule has 2 N–H and O–H groups in total. The average molecular weight is 329 g/mol. The van der Waals surface area contributed by atoms with Gasteiger partial charge in [0.25, 0.3) is 0 Å². The molecule has 0 radical (unpaired) electrons. The summed E-state index contributed by atoms with van der Waals surface area (Å²) in [6.07, 6.45) is 1.77. The van der Waals surface area contributed by atoms with Crippen molar-refractivity contribution in [3.05, 3.63) is 40.9 Å². The van der Waals surface area contributed by atoms with E-state index in [9.17, 15) is 0 Å². The van der Waals surface area contributed by atoms with Crippen LogP contribution in [0.15, 0.2) is 35.3 Å². The fraction of sp³-hybridized carbons (Fsp3) is 0.308. The van der Waals surface area contributed by atoms with Gasteiger partial charge in [0.1, 0.15) is 5.75 Å². The molecule has 0 aliphatic carbocycles. The van der Waals surface area contributed by atoms with Crippen molar-refractivity contribution >= 4 is 33.3 Å². The highest BCUT2D eigenvalue weighted by Crippen LogP contribution is 2.27. The first-order chi connectivity index (χ1) is 8.58. The molecule has 0 fully saturated rings. The Labute approximate surface area is 122 Å². The summed E-state index contributed by atoms with van der Waals surface area (Å²) in [5, 5.41) is 6.86. The molecule has 0 unspecified atom stereocenters. The van der Waals surface area contributed by atoms with Gasteiger partial charge < -0.3 is 15.4 Å². The van der Waals surface area contributed by atoms with Gasteiger partial charge in [0, 0.05) is 6.54 Å². The third kappa shape index (κ3) is 4.31. The number of hydrogen-bond donors (Lipinski definition) is 2. The van der Waals surface area contributed by atoms with E-state index in [1.807, 2.05) is 18.2 Å². The highest BCUT2D eigenvalue weighted by Gasteiger charge is 2.09. The van der Waals surface area contributed by atoms with Crippen LogP contribution in [-0.2, 0) is 0 Å². The SMILES string of the molecule is C=CCNC(=S)N[C@H](C)c1ccc(OC)c(Br)c1. The molecule has 98 valence electrons. The molecule has 0 saturated heterocycles. The lowest BCUT2D eigenvalue weighted by molar-refractivity contribution is 0.412. The molecule has 0 bridgehead atoms. The summed E-state index contributed by atoms with van der Waals surface area (Å²) in [5.74, 6) is 0.818. The molecule has 18 heavy (non-hydrogen) atoms. The molecule has 5 heteroatoms. The second kappa shape index (κ2) is 7.38. The third-order valence-corrected chi connectivity index (χ3v) is 3.31. The summed E-state index contributed by atoms with van der Waals surface area (Å²) < 4.78 is 6.13. The highest BCUT2D eigenvalue weighted by atomic mass is 79.9. The average Bonchev–Trinajstić information content (AvgIpc) is 2.36. The Hall–Kier alpha value is -1.07. The Morgan fingerprint density at radius 2 is 2.33 bits per heavy atom. The predicted molar refractivity (Wildman–Crippen MR) is 83.0 cm³/mol. The second-order valence-electron chi connectivity index (χ2n) is 3.76. The Kier molecular flexibility index (Phi) is 6.15. The maximum absolute atomic E-state index is 5.20. The van der Waals surface area contributed by atoms with Crippen LogP contribution in [0.1, 0.15) is 18.5 Å². The molecule has 1 aromatic rings. The summed E-state index contributed by atoms with van der Waals surface area (Å²) in [6, 6.07) is 6.08. The lowest BCUT2D eigenvalue weighted by atomic mass is 10.1. The van der Waals surface area contributed by atoms with Crippen molar-refractivity contribution in [3.63, 3.8) is 0 Å². The van der Waals surface area contributed by atoms with Gasteiger partial charge in [0.2, 0.25) is 0 Å². The molecule has 0 saturated carbocycles. The molecule has 0 aliphatic rings. The van der Waals surface area contributed by atoms with E-state index in [0.29, 0.717) is 11.7 Å². The van der Waals surface area contributed by atoms with Crippen LogP contribution < -0.4 is 15.4 Å². The lowest BCUT2D eigenvalue weighted by Gasteiger charge is -2.17. The number of benzene rings is 1.